The number of rotatable bonds is 5. The number of nitrogens with zero attached hydrogens (tertiary/aromatic N) is 1. The van der Waals surface area contributed by atoms with E-state index in [-0.39, 0.29) is 0 Å². The number of benzene rings is 2. The van der Waals surface area contributed by atoms with Gasteiger partial charge in [0, 0.05) is 18.7 Å². The molecule has 0 radical (unpaired) electrons. The second-order valence-corrected chi connectivity index (χ2v) is 4.97. The van der Waals surface area contributed by atoms with Gasteiger partial charge in [-0.15, -0.1) is 0 Å². The molecule has 4 nitrogen and oxygen atoms in total. The van der Waals surface area contributed by atoms with Crippen molar-refractivity contribution in [3.05, 3.63) is 36.4 Å². The summed E-state index contributed by atoms with van der Waals surface area (Å²) in [4.78, 5) is 2.24. The molecule has 2 aromatic carbocycles. The fourth-order valence-corrected chi connectivity index (χ4v) is 2.70. The van der Waals surface area contributed by atoms with Crippen molar-refractivity contribution in [3.63, 3.8) is 0 Å². The molecular weight excluding hydrogens is 278 g/mol. The number of ether oxygens (including phenoxy) is 3. The van der Waals surface area contributed by atoms with Crippen molar-refractivity contribution < 1.29 is 14.2 Å². The molecule has 0 bridgehead atoms. The largest absolute Gasteiger partial charge is 0.494 e. The van der Waals surface area contributed by atoms with E-state index >= 15 is 0 Å². The molecule has 0 atom stereocenters. The second-order valence-electron chi connectivity index (χ2n) is 4.97. The summed E-state index contributed by atoms with van der Waals surface area (Å²) in [7, 11) is 0. The SMILES string of the molecule is CCOc1ccc2c(c1)Oc1cc(OCC)ccc1N2CC. The lowest BCUT2D eigenvalue weighted by Gasteiger charge is -2.32. The molecule has 0 amide bonds. The lowest BCUT2D eigenvalue weighted by molar-refractivity contribution is 0.335. The van der Waals surface area contributed by atoms with Gasteiger partial charge in [-0.25, -0.2) is 0 Å². The van der Waals surface area contributed by atoms with Crippen LogP contribution in [0, 0.1) is 0 Å². The van der Waals surface area contributed by atoms with Gasteiger partial charge in [0.1, 0.15) is 11.5 Å². The van der Waals surface area contributed by atoms with Crippen molar-refractivity contribution in [2.75, 3.05) is 24.7 Å². The maximum Gasteiger partial charge on any atom is 0.154 e. The quantitative estimate of drug-likeness (QED) is 0.797. The maximum absolute atomic E-state index is 6.08. The van der Waals surface area contributed by atoms with Gasteiger partial charge in [-0.3, -0.25) is 0 Å². The van der Waals surface area contributed by atoms with Crippen LogP contribution in [0.15, 0.2) is 36.4 Å². The summed E-state index contributed by atoms with van der Waals surface area (Å²) in [5.74, 6) is 3.27. The van der Waals surface area contributed by atoms with E-state index < -0.39 is 0 Å². The first-order valence-corrected chi connectivity index (χ1v) is 7.75. The van der Waals surface area contributed by atoms with Crippen LogP contribution < -0.4 is 19.1 Å². The zero-order valence-corrected chi connectivity index (χ0v) is 13.3. The molecule has 0 N–H and O–H groups in total. The average molecular weight is 299 g/mol. The molecule has 3 rings (SSSR count). The minimum Gasteiger partial charge on any atom is -0.494 e. The molecule has 0 saturated heterocycles. The minimum absolute atomic E-state index is 0.640. The number of hydrogen-bond acceptors (Lipinski definition) is 4. The van der Waals surface area contributed by atoms with Gasteiger partial charge in [0.2, 0.25) is 0 Å². The summed E-state index contributed by atoms with van der Waals surface area (Å²) in [6.07, 6.45) is 0. The van der Waals surface area contributed by atoms with Gasteiger partial charge >= 0.3 is 0 Å². The van der Waals surface area contributed by atoms with E-state index in [1.807, 2.05) is 50.2 Å². The third-order valence-corrected chi connectivity index (χ3v) is 3.60. The van der Waals surface area contributed by atoms with Crippen molar-refractivity contribution in [1.29, 1.82) is 0 Å². The van der Waals surface area contributed by atoms with Gasteiger partial charge in [-0.2, -0.15) is 0 Å². The Labute approximate surface area is 131 Å². The van der Waals surface area contributed by atoms with Crippen molar-refractivity contribution in [1.82, 2.24) is 0 Å². The second kappa shape index (κ2) is 6.18. The molecule has 0 aromatic heterocycles. The zero-order valence-electron chi connectivity index (χ0n) is 13.3. The molecule has 0 saturated carbocycles. The smallest absolute Gasteiger partial charge is 0.154 e. The molecule has 22 heavy (non-hydrogen) atoms. The van der Waals surface area contributed by atoms with Crippen LogP contribution >= 0.6 is 0 Å². The Balaban J connectivity index is 2.01. The highest BCUT2D eigenvalue weighted by Gasteiger charge is 2.24. The van der Waals surface area contributed by atoms with Crippen LogP contribution in [0.1, 0.15) is 20.8 Å². The molecule has 0 unspecified atom stereocenters. The summed E-state index contributed by atoms with van der Waals surface area (Å²) in [6.45, 7) is 8.23. The lowest BCUT2D eigenvalue weighted by Crippen LogP contribution is -2.20. The zero-order chi connectivity index (χ0) is 15.5. The van der Waals surface area contributed by atoms with Crippen molar-refractivity contribution >= 4 is 11.4 Å². The van der Waals surface area contributed by atoms with Crippen LogP contribution in [-0.4, -0.2) is 19.8 Å². The predicted molar refractivity (Wildman–Crippen MR) is 88.0 cm³/mol. The first kappa shape index (κ1) is 14.6. The average Bonchev–Trinajstić information content (AvgIpc) is 2.53. The molecule has 0 fully saturated rings. The Morgan fingerprint density at radius 2 is 1.32 bits per heavy atom. The molecule has 1 aliphatic heterocycles. The standard InChI is InChI=1S/C18H21NO3/c1-4-19-15-9-7-13(20-5-2)11-17(15)22-18-12-14(21-6-3)8-10-16(18)19/h7-12H,4-6H2,1-3H3. The van der Waals surface area contributed by atoms with Crippen LogP contribution in [0.4, 0.5) is 11.4 Å². The van der Waals surface area contributed by atoms with Gasteiger partial charge < -0.3 is 19.1 Å². The minimum atomic E-state index is 0.640. The Hall–Kier alpha value is -2.36. The molecule has 0 spiro atoms. The Bertz CT molecular complexity index is 614. The van der Waals surface area contributed by atoms with Gasteiger partial charge in [-0.1, -0.05) is 0 Å². The summed E-state index contributed by atoms with van der Waals surface area (Å²) in [5, 5.41) is 0. The van der Waals surface area contributed by atoms with Gasteiger partial charge in [-0.05, 0) is 45.0 Å². The van der Waals surface area contributed by atoms with E-state index in [0.717, 1.165) is 40.9 Å². The third-order valence-electron chi connectivity index (χ3n) is 3.60. The fourth-order valence-electron chi connectivity index (χ4n) is 2.70. The topological polar surface area (TPSA) is 30.9 Å². The third kappa shape index (κ3) is 2.56. The lowest BCUT2D eigenvalue weighted by atomic mass is 10.1. The normalized spacial score (nSPS) is 12.2. The molecule has 1 aliphatic rings. The van der Waals surface area contributed by atoms with Crippen molar-refractivity contribution in [3.8, 4) is 23.0 Å². The molecule has 116 valence electrons. The highest BCUT2D eigenvalue weighted by Crippen LogP contribution is 2.48. The highest BCUT2D eigenvalue weighted by atomic mass is 16.5. The predicted octanol–water partition coefficient (Wildman–Crippen LogP) is 4.75. The summed E-state index contributed by atoms with van der Waals surface area (Å²) in [5.41, 5.74) is 2.12. The van der Waals surface area contributed by atoms with Crippen molar-refractivity contribution in [2.24, 2.45) is 0 Å². The van der Waals surface area contributed by atoms with Crippen LogP contribution in [0.2, 0.25) is 0 Å². The van der Waals surface area contributed by atoms with E-state index in [2.05, 4.69) is 11.8 Å². The number of hydrogen-bond donors (Lipinski definition) is 0. The van der Waals surface area contributed by atoms with Crippen LogP contribution in [0.25, 0.3) is 0 Å². The Morgan fingerprint density at radius 1 is 0.818 bits per heavy atom. The van der Waals surface area contributed by atoms with Gasteiger partial charge in [0.25, 0.3) is 0 Å². The number of anilines is 2. The van der Waals surface area contributed by atoms with Crippen LogP contribution in [-0.2, 0) is 0 Å². The van der Waals surface area contributed by atoms with E-state index in [9.17, 15) is 0 Å². The van der Waals surface area contributed by atoms with E-state index in [1.54, 1.807) is 0 Å². The highest BCUT2D eigenvalue weighted by molar-refractivity contribution is 5.79. The molecule has 4 heteroatoms. The first-order chi connectivity index (χ1) is 10.8. The van der Waals surface area contributed by atoms with E-state index in [1.165, 1.54) is 0 Å². The Kier molecular flexibility index (Phi) is 4.09. The van der Waals surface area contributed by atoms with Crippen molar-refractivity contribution in [2.45, 2.75) is 20.8 Å². The maximum atomic E-state index is 6.08. The summed E-state index contributed by atoms with van der Waals surface area (Å²) >= 11 is 0. The van der Waals surface area contributed by atoms with Gasteiger partial charge in [0.15, 0.2) is 11.5 Å². The Morgan fingerprint density at radius 3 is 1.73 bits per heavy atom. The monoisotopic (exact) mass is 299 g/mol. The summed E-state index contributed by atoms with van der Waals surface area (Å²) < 4.78 is 17.2. The number of fused-ring (bicyclic) bond motifs is 2. The molecule has 1 heterocycles. The molecule has 0 aliphatic carbocycles. The van der Waals surface area contributed by atoms with E-state index in [4.69, 9.17) is 14.2 Å². The fraction of sp³-hybridized carbons (Fsp3) is 0.333. The van der Waals surface area contributed by atoms with Gasteiger partial charge in [0.05, 0.1) is 24.6 Å². The summed E-state index contributed by atoms with van der Waals surface area (Å²) in [6, 6.07) is 11.9. The van der Waals surface area contributed by atoms with Crippen LogP contribution in [0.5, 0.6) is 23.0 Å². The molecule has 2 aromatic rings. The first-order valence-electron chi connectivity index (χ1n) is 7.75. The van der Waals surface area contributed by atoms with E-state index in [0.29, 0.717) is 13.2 Å². The van der Waals surface area contributed by atoms with Crippen LogP contribution in [0.3, 0.4) is 0 Å². The molecular formula is C18H21NO3.